The Bertz CT molecular complexity index is 1230. The molecule has 1 heterocycles. The third-order valence-corrected chi connectivity index (χ3v) is 5.36. The van der Waals surface area contributed by atoms with Crippen LogP contribution in [0, 0.1) is 0 Å². The zero-order chi connectivity index (χ0) is 21.8. The molecule has 1 aliphatic rings. The van der Waals surface area contributed by atoms with Gasteiger partial charge >= 0.3 is 0 Å². The summed E-state index contributed by atoms with van der Waals surface area (Å²) >= 11 is 1.12. The molecule has 156 valence electrons. The molecule has 0 fully saturated rings. The van der Waals surface area contributed by atoms with Crippen LogP contribution in [-0.4, -0.2) is 30.7 Å². The molecule has 0 spiro atoms. The average Bonchev–Trinajstić information content (AvgIpc) is 3.09. The van der Waals surface area contributed by atoms with Gasteiger partial charge in [0.15, 0.2) is 23.3 Å². The van der Waals surface area contributed by atoms with E-state index in [1.807, 2.05) is 42.5 Å². The Kier molecular flexibility index (Phi) is 5.90. The monoisotopic (exact) mass is 433 g/mol. The van der Waals surface area contributed by atoms with Crippen LogP contribution in [-0.2, 0) is 9.59 Å². The second-order valence-corrected chi connectivity index (χ2v) is 7.70. The van der Waals surface area contributed by atoms with Gasteiger partial charge in [-0.05, 0) is 47.0 Å². The summed E-state index contributed by atoms with van der Waals surface area (Å²) < 4.78 is 11.0. The molecule has 3 aromatic rings. The standard InChI is InChI=1S/C23H19N3O4S/c1-29-19-11-14(12-20-22(28)26-23(24)31-20)9-10-18(19)30-13-21(27)25-17-8-4-6-15-5-2-3-7-16(15)17/h2-12H,13H2,1H3,(H,25,27)(H2,24,26,28)/b20-12-. The van der Waals surface area contributed by atoms with Gasteiger partial charge in [0.05, 0.1) is 12.0 Å². The molecule has 0 radical (unpaired) electrons. The minimum absolute atomic E-state index is 0.182. The van der Waals surface area contributed by atoms with Crippen LogP contribution in [0.2, 0.25) is 0 Å². The zero-order valence-electron chi connectivity index (χ0n) is 16.6. The van der Waals surface area contributed by atoms with Crippen LogP contribution >= 0.6 is 11.8 Å². The van der Waals surface area contributed by atoms with Crippen molar-refractivity contribution in [2.24, 2.45) is 10.7 Å². The number of ether oxygens (including phenoxy) is 2. The Hall–Kier alpha value is -3.78. The van der Waals surface area contributed by atoms with Crippen molar-refractivity contribution in [3.8, 4) is 11.5 Å². The summed E-state index contributed by atoms with van der Waals surface area (Å²) in [6.45, 7) is -0.182. The SMILES string of the molecule is COc1cc(/C=C2\SC(N)=NC2=O)ccc1OCC(=O)Nc1cccc2ccccc12. The van der Waals surface area contributed by atoms with E-state index < -0.39 is 0 Å². The highest BCUT2D eigenvalue weighted by molar-refractivity contribution is 8.18. The molecule has 0 aromatic heterocycles. The van der Waals surface area contributed by atoms with Crippen LogP contribution in [0.15, 0.2) is 70.6 Å². The molecule has 31 heavy (non-hydrogen) atoms. The average molecular weight is 433 g/mol. The first-order valence-electron chi connectivity index (χ1n) is 9.40. The summed E-state index contributed by atoms with van der Waals surface area (Å²) in [5.41, 5.74) is 7.02. The molecule has 2 amide bonds. The number of hydrogen-bond acceptors (Lipinski definition) is 6. The first-order chi connectivity index (χ1) is 15.0. The van der Waals surface area contributed by atoms with Crippen LogP contribution in [0.1, 0.15) is 5.56 Å². The number of carbonyl (C=O) groups is 2. The molecular weight excluding hydrogens is 414 g/mol. The Labute approximate surface area is 182 Å². The number of anilines is 1. The fourth-order valence-corrected chi connectivity index (χ4v) is 3.82. The molecule has 0 atom stereocenters. The van der Waals surface area contributed by atoms with E-state index in [1.165, 1.54) is 7.11 Å². The fraction of sp³-hybridized carbons (Fsp3) is 0.0870. The molecule has 0 unspecified atom stereocenters. The highest BCUT2D eigenvalue weighted by atomic mass is 32.2. The first kappa shape index (κ1) is 20.5. The Morgan fingerprint density at radius 1 is 1.13 bits per heavy atom. The van der Waals surface area contributed by atoms with Gasteiger partial charge in [-0.3, -0.25) is 9.59 Å². The number of methoxy groups -OCH3 is 1. The van der Waals surface area contributed by atoms with Crippen molar-refractivity contribution in [3.05, 3.63) is 71.1 Å². The number of fused-ring (bicyclic) bond motifs is 1. The maximum atomic E-state index is 12.4. The summed E-state index contributed by atoms with van der Waals surface area (Å²) in [6, 6.07) is 18.7. The number of nitrogens with two attached hydrogens (primary N) is 1. The lowest BCUT2D eigenvalue weighted by atomic mass is 10.1. The highest BCUT2D eigenvalue weighted by Gasteiger charge is 2.19. The van der Waals surface area contributed by atoms with Gasteiger partial charge < -0.3 is 20.5 Å². The molecule has 3 aromatic carbocycles. The largest absolute Gasteiger partial charge is 0.493 e. The number of hydrogen-bond donors (Lipinski definition) is 2. The zero-order valence-corrected chi connectivity index (χ0v) is 17.4. The normalized spacial score (nSPS) is 14.5. The quantitative estimate of drug-likeness (QED) is 0.573. The van der Waals surface area contributed by atoms with Crippen molar-refractivity contribution in [1.29, 1.82) is 0 Å². The van der Waals surface area contributed by atoms with E-state index in [2.05, 4.69) is 10.3 Å². The maximum absolute atomic E-state index is 12.4. The predicted molar refractivity (Wildman–Crippen MR) is 123 cm³/mol. The number of carbonyl (C=O) groups excluding carboxylic acids is 2. The van der Waals surface area contributed by atoms with E-state index in [1.54, 1.807) is 24.3 Å². The minimum Gasteiger partial charge on any atom is -0.493 e. The Morgan fingerprint density at radius 2 is 1.94 bits per heavy atom. The minimum atomic E-state index is -0.369. The van der Waals surface area contributed by atoms with E-state index in [9.17, 15) is 9.59 Å². The number of thioether (sulfide) groups is 1. The molecule has 1 aliphatic heterocycles. The Morgan fingerprint density at radius 3 is 2.71 bits per heavy atom. The lowest BCUT2D eigenvalue weighted by Gasteiger charge is -2.12. The molecular formula is C23H19N3O4S. The number of amides is 2. The number of aliphatic imine (C=N–C) groups is 1. The lowest BCUT2D eigenvalue weighted by Crippen LogP contribution is -2.20. The van der Waals surface area contributed by atoms with E-state index in [-0.39, 0.29) is 23.6 Å². The first-order valence-corrected chi connectivity index (χ1v) is 10.2. The maximum Gasteiger partial charge on any atom is 0.286 e. The number of rotatable bonds is 6. The van der Waals surface area contributed by atoms with Gasteiger partial charge in [-0.2, -0.15) is 4.99 Å². The van der Waals surface area contributed by atoms with Crippen LogP contribution in [0.5, 0.6) is 11.5 Å². The molecule has 0 bridgehead atoms. The third kappa shape index (κ3) is 4.70. The van der Waals surface area contributed by atoms with Crippen molar-refractivity contribution >= 4 is 51.3 Å². The number of benzene rings is 3. The van der Waals surface area contributed by atoms with Crippen LogP contribution in [0.25, 0.3) is 16.8 Å². The van der Waals surface area contributed by atoms with E-state index in [4.69, 9.17) is 15.2 Å². The van der Waals surface area contributed by atoms with Crippen molar-refractivity contribution in [2.45, 2.75) is 0 Å². The number of nitrogens with one attached hydrogen (secondary N) is 1. The number of nitrogens with zero attached hydrogens (tertiary/aromatic N) is 1. The van der Waals surface area contributed by atoms with Crippen molar-refractivity contribution in [2.75, 3.05) is 19.0 Å². The second-order valence-electron chi connectivity index (χ2n) is 6.64. The Balaban J connectivity index is 1.44. The lowest BCUT2D eigenvalue weighted by molar-refractivity contribution is -0.118. The number of amidine groups is 1. The van der Waals surface area contributed by atoms with Crippen LogP contribution < -0.4 is 20.5 Å². The van der Waals surface area contributed by atoms with Gasteiger partial charge in [0.2, 0.25) is 0 Å². The molecule has 8 heteroatoms. The van der Waals surface area contributed by atoms with Gasteiger partial charge in [0.25, 0.3) is 11.8 Å². The fourth-order valence-electron chi connectivity index (χ4n) is 3.13. The second kappa shape index (κ2) is 8.93. The summed E-state index contributed by atoms with van der Waals surface area (Å²) in [5.74, 6) is 0.201. The van der Waals surface area contributed by atoms with Gasteiger partial charge in [0.1, 0.15) is 0 Å². The third-order valence-electron chi connectivity index (χ3n) is 4.54. The molecule has 3 N–H and O–H groups in total. The van der Waals surface area contributed by atoms with E-state index >= 15 is 0 Å². The summed E-state index contributed by atoms with van der Waals surface area (Å²) in [5, 5.41) is 5.10. The molecule has 7 nitrogen and oxygen atoms in total. The van der Waals surface area contributed by atoms with E-state index in [0.717, 1.165) is 33.8 Å². The molecule has 0 saturated heterocycles. The van der Waals surface area contributed by atoms with Crippen molar-refractivity contribution in [1.82, 2.24) is 0 Å². The van der Waals surface area contributed by atoms with Crippen LogP contribution in [0.3, 0.4) is 0 Å². The molecule has 0 saturated carbocycles. The van der Waals surface area contributed by atoms with E-state index in [0.29, 0.717) is 16.4 Å². The summed E-state index contributed by atoms with van der Waals surface area (Å²) in [6.07, 6.45) is 1.68. The highest BCUT2D eigenvalue weighted by Crippen LogP contribution is 2.32. The topological polar surface area (TPSA) is 103 Å². The predicted octanol–water partition coefficient (Wildman–Crippen LogP) is 3.79. The molecule has 0 aliphatic carbocycles. The summed E-state index contributed by atoms with van der Waals surface area (Å²) in [7, 11) is 1.51. The smallest absolute Gasteiger partial charge is 0.286 e. The van der Waals surface area contributed by atoms with Gasteiger partial charge in [-0.15, -0.1) is 0 Å². The van der Waals surface area contributed by atoms with Crippen molar-refractivity contribution < 1.29 is 19.1 Å². The van der Waals surface area contributed by atoms with Gasteiger partial charge in [-0.25, -0.2) is 0 Å². The van der Waals surface area contributed by atoms with Gasteiger partial charge in [0, 0.05) is 11.1 Å². The van der Waals surface area contributed by atoms with Gasteiger partial charge in [-0.1, -0.05) is 42.5 Å². The van der Waals surface area contributed by atoms with Crippen molar-refractivity contribution in [3.63, 3.8) is 0 Å². The summed E-state index contributed by atoms with van der Waals surface area (Å²) in [4.78, 5) is 28.3. The molecule has 4 rings (SSSR count). The van der Waals surface area contributed by atoms with Crippen LogP contribution in [0.4, 0.5) is 5.69 Å².